The maximum absolute atomic E-state index is 11.9. The van der Waals surface area contributed by atoms with Crippen molar-refractivity contribution in [1.82, 2.24) is 15.0 Å². The number of aryl methyl sites for hydroxylation is 1. The number of anilines is 4. The second kappa shape index (κ2) is 7.69. The van der Waals surface area contributed by atoms with Crippen molar-refractivity contribution in [1.29, 1.82) is 0 Å². The van der Waals surface area contributed by atoms with Crippen molar-refractivity contribution in [2.24, 2.45) is 0 Å². The smallest absolute Gasteiger partial charge is 0.353 e. The van der Waals surface area contributed by atoms with Crippen LogP contribution in [0.2, 0.25) is 0 Å². The zero-order chi connectivity index (χ0) is 21.4. The van der Waals surface area contributed by atoms with Crippen molar-refractivity contribution in [2.75, 3.05) is 23.8 Å². The summed E-state index contributed by atoms with van der Waals surface area (Å²) in [7, 11) is 0. The number of rotatable bonds is 5. The summed E-state index contributed by atoms with van der Waals surface area (Å²) in [6.07, 6.45) is 1.26. The van der Waals surface area contributed by atoms with Crippen LogP contribution in [0.15, 0.2) is 42.7 Å². The van der Waals surface area contributed by atoms with Crippen LogP contribution in [0.3, 0.4) is 0 Å². The van der Waals surface area contributed by atoms with E-state index in [4.69, 9.17) is 9.47 Å². The predicted molar refractivity (Wildman–Crippen MR) is 117 cm³/mol. The van der Waals surface area contributed by atoms with Gasteiger partial charge in [-0.05, 0) is 30.7 Å². The predicted octanol–water partition coefficient (Wildman–Crippen LogP) is 4.56. The van der Waals surface area contributed by atoms with E-state index in [1.54, 1.807) is 18.2 Å². The van der Waals surface area contributed by atoms with Crippen LogP contribution in [-0.4, -0.2) is 33.1 Å². The number of nitrogens with zero attached hydrogens (tertiary/aromatic N) is 4. The number of hydrogen-bond donors (Lipinski definition) is 2. The molecule has 2 aromatic heterocycles. The first kappa shape index (κ1) is 19.0. The molecule has 2 N–H and O–H groups in total. The SMILES string of the molecule is Cc1cccc2sc(Nc3ncnc(Nc4ccc5c(c4)OCCO5)c3[N+](=O)[O-])nc12. The highest BCUT2D eigenvalue weighted by molar-refractivity contribution is 7.22. The van der Waals surface area contributed by atoms with Crippen LogP contribution < -0.4 is 20.1 Å². The van der Waals surface area contributed by atoms with Gasteiger partial charge in [0.2, 0.25) is 11.6 Å². The molecule has 11 heteroatoms. The van der Waals surface area contributed by atoms with E-state index in [2.05, 4.69) is 25.6 Å². The highest BCUT2D eigenvalue weighted by atomic mass is 32.1. The molecule has 1 aliphatic heterocycles. The fraction of sp³-hybridized carbons (Fsp3) is 0.150. The van der Waals surface area contributed by atoms with Crippen LogP contribution in [0.5, 0.6) is 11.5 Å². The third-order valence-corrected chi connectivity index (χ3v) is 5.59. The van der Waals surface area contributed by atoms with E-state index in [0.717, 1.165) is 15.8 Å². The topological polar surface area (TPSA) is 124 Å². The van der Waals surface area contributed by atoms with E-state index in [0.29, 0.717) is 35.5 Å². The molecule has 0 saturated carbocycles. The van der Waals surface area contributed by atoms with Gasteiger partial charge in [-0.3, -0.25) is 10.1 Å². The van der Waals surface area contributed by atoms with Gasteiger partial charge in [-0.25, -0.2) is 15.0 Å². The molecule has 0 unspecified atom stereocenters. The Bertz CT molecular complexity index is 1310. The molecule has 0 saturated heterocycles. The molecule has 0 atom stereocenters. The summed E-state index contributed by atoms with van der Waals surface area (Å²) in [4.78, 5) is 24.0. The van der Waals surface area contributed by atoms with E-state index in [1.807, 2.05) is 25.1 Å². The number of nitro groups is 1. The number of ether oxygens (including phenoxy) is 2. The third kappa shape index (κ3) is 3.66. The monoisotopic (exact) mass is 436 g/mol. The maximum Gasteiger partial charge on any atom is 0.353 e. The van der Waals surface area contributed by atoms with Gasteiger partial charge in [0.15, 0.2) is 16.6 Å². The summed E-state index contributed by atoms with van der Waals surface area (Å²) in [6.45, 7) is 2.89. The number of nitrogens with one attached hydrogen (secondary N) is 2. The minimum Gasteiger partial charge on any atom is -0.486 e. The van der Waals surface area contributed by atoms with Gasteiger partial charge in [-0.1, -0.05) is 23.5 Å². The number of para-hydroxylation sites is 1. The van der Waals surface area contributed by atoms with E-state index in [1.165, 1.54) is 17.7 Å². The Morgan fingerprint density at radius 3 is 2.61 bits per heavy atom. The quantitative estimate of drug-likeness (QED) is 0.342. The van der Waals surface area contributed by atoms with Crippen LogP contribution in [-0.2, 0) is 0 Å². The van der Waals surface area contributed by atoms with Gasteiger partial charge in [0.1, 0.15) is 19.5 Å². The Balaban J connectivity index is 1.48. The largest absolute Gasteiger partial charge is 0.486 e. The van der Waals surface area contributed by atoms with Gasteiger partial charge in [0.25, 0.3) is 0 Å². The molecule has 0 fully saturated rings. The lowest BCUT2D eigenvalue weighted by Crippen LogP contribution is -2.15. The zero-order valence-electron chi connectivity index (χ0n) is 16.3. The number of fused-ring (bicyclic) bond motifs is 2. The minimum absolute atomic E-state index is 0.0523. The van der Waals surface area contributed by atoms with E-state index < -0.39 is 4.92 Å². The second-order valence-electron chi connectivity index (χ2n) is 6.73. The molecular weight excluding hydrogens is 420 g/mol. The minimum atomic E-state index is -0.527. The first-order valence-corrected chi connectivity index (χ1v) is 10.2. The van der Waals surface area contributed by atoms with Crippen LogP contribution in [0.25, 0.3) is 10.2 Å². The summed E-state index contributed by atoms with van der Waals surface area (Å²) in [5.41, 5.74) is 2.17. The van der Waals surface area contributed by atoms with E-state index >= 15 is 0 Å². The Labute approximate surface area is 180 Å². The molecule has 0 amide bonds. The van der Waals surface area contributed by atoms with Crippen molar-refractivity contribution in [3.63, 3.8) is 0 Å². The van der Waals surface area contributed by atoms with E-state index in [9.17, 15) is 10.1 Å². The summed E-state index contributed by atoms with van der Waals surface area (Å²) in [5.74, 6) is 1.30. The first-order valence-electron chi connectivity index (χ1n) is 9.38. The van der Waals surface area contributed by atoms with Gasteiger partial charge in [-0.2, -0.15) is 0 Å². The van der Waals surface area contributed by atoms with Gasteiger partial charge in [-0.15, -0.1) is 0 Å². The van der Waals surface area contributed by atoms with Gasteiger partial charge < -0.3 is 20.1 Å². The number of thiazole rings is 1. The summed E-state index contributed by atoms with van der Waals surface area (Å²) in [5, 5.41) is 18.3. The Kier molecular flexibility index (Phi) is 4.71. The average molecular weight is 436 g/mol. The molecule has 10 nitrogen and oxygen atoms in total. The average Bonchev–Trinajstić information content (AvgIpc) is 3.17. The molecule has 0 bridgehead atoms. The molecule has 0 spiro atoms. The molecule has 156 valence electrons. The molecule has 0 radical (unpaired) electrons. The molecule has 3 heterocycles. The summed E-state index contributed by atoms with van der Waals surface area (Å²) in [6, 6.07) is 11.1. The lowest BCUT2D eigenvalue weighted by atomic mass is 10.2. The Morgan fingerprint density at radius 1 is 1.06 bits per heavy atom. The first-order chi connectivity index (χ1) is 15.1. The molecule has 5 rings (SSSR count). The fourth-order valence-corrected chi connectivity index (χ4v) is 4.18. The van der Waals surface area contributed by atoms with Gasteiger partial charge in [0, 0.05) is 11.8 Å². The number of aromatic nitrogens is 3. The number of hydrogen-bond acceptors (Lipinski definition) is 10. The van der Waals surface area contributed by atoms with Crippen molar-refractivity contribution in [3.8, 4) is 11.5 Å². The molecule has 2 aromatic carbocycles. The fourth-order valence-electron chi connectivity index (χ4n) is 3.23. The van der Waals surface area contributed by atoms with Crippen LogP contribution in [0.4, 0.5) is 28.1 Å². The van der Waals surface area contributed by atoms with Crippen LogP contribution >= 0.6 is 11.3 Å². The molecule has 31 heavy (non-hydrogen) atoms. The second-order valence-corrected chi connectivity index (χ2v) is 7.76. The van der Waals surface area contributed by atoms with Gasteiger partial charge in [0.05, 0.1) is 15.1 Å². The van der Waals surface area contributed by atoms with Crippen molar-refractivity contribution >= 4 is 49.7 Å². The maximum atomic E-state index is 11.9. The molecule has 0 aliphatic carbocycles. The number of benzene rings is 2. The Hall–Kier alpha value is -3.99. The van der Waals surface area contributed by atoms with Crippen molar-refractivity contribution < 1.29 is 14.4 Å². The lowest BCUT2D eigenvalue weighted by Gasteiger charge is -2.19. The highest BCUT2D eigenvalue weighted by Gasteiger charge is 2.25. The van der Waals surface area contributed by atoms with Crippen molar-refractivity contribution in [2.45, 2.75) is 6.92 Å². The van der Waals surface area contributed by atoms with Crippen molar-refractivity contribution in [3.05, 3.63) is 58.4 Å². The molecule has 1 aliphatic rings. The van der Waals surface area contributed by atoms with Gasteiger partial charge >= 0.3 is 5.69 Å². The lowest BCUT2D eigenvalue weighted by molar-refractivity contribution is -0.383. The van der Waals surface area contributed by atoms with E-state index in [-0.39, 0.29) is 17.3 Å². The molecule has 4 aromatic rings. The molecular formula is C20H16N6O4S. The third-order valence-electron chi connectivity index (χ3n) is 4.66. The highest BCUT2D eigenvalue weighted by Crippen LogP contribution is 2.38. The Morgan fingerprint density at radius 2 is 1.84 bits per heavy atom. The van der Waals surface area contributed by atoms with Crippen LogP contribution in [0, 0.1) is 17.0 Å². The normalized spacial score (nSPS) is 12.5. The standard InChI is InChI=1S/C20H16N6O4S/c1-11-3-2-4-15-16(11)24-20(31-15)25-19-17(26(27)28)18(21-10-22-19)23-12-5-6-13-14(9-12)30-8-7-29-13/h2-6,9-10H,7-8H2,1H3,(H2,21,22,23,24,25). The summed E-state index contributed by atoms with van der Waals surface area (Å²) >= 11 is 1.40. The van der Waals surface area contributed by atoms with Crippen LogP contribution in [0.1, 0.15) is 5.56 Å². The summed E-state index contributed by atoms with van der Waals surface area (Å²) < 4.78 is 12.1. The zero-order valence-corrected chi connectivity index (χ0v) is 17.1.